The van der Waals surface area contributed by atoms with Gasteiger partial charge in [0.15, 0.2) is 0 Å². The van der Waals surface area contributed by atoms with Crippen molar-refractivity contribution in [3.05, 3.63) is 30.1 Å². The van der Waals surface area contributed by atoms with E-state index >= 15 is 0 Å². The number of carbonyl (C=O) groups is 1. The highest BCUT2D eigenvalue weighted by molar-refractivity contribution is 5.81. The number of nitrogens with zero attached hydrogens (tertiary/aromatic N) is 1. The van der Waals surface area contributed by atoms with Crippen LogP contribution in [0.15, 0.2) is 24.3 Å². The van der Waals surface area contributed by atoms with Gasteiger partial charge in [0, 0.05) is 24.8 Å². The van der Waals surface area contributed by atoms with Crippen molar-refractivity contribution in [3.8, 4) is 0 Å². The third-order valence-electron chi connectivity index (χ3n) is 3.41. The molecule has 0 saturated carbocycles. The highest BCUT2D eigenvalue weighted by atomic mass is 19.1. The molecule has 1 aliphatic heterocycles. The molecule has 0 aromatic heterocycles. The van der Waals surface area contributed by atoms with E-state index in [9.17, 15) is 9.18 Å². The minimum atomic E-state index is -0.429. The van der Waals surface area contributed by atoms with Gasteiger partial charge in [-0.1, -0.05) is 0 Å². The fraction of sp³-hybridized carbons (Fsp3) is 0.500. The molecule has 1 aliphatic rings. The Morgan fingerprint density at radius 2 is 1.95 bits per heavy atom. The van der Waals surface area contributed by atoms with Crippen LogP contribution in [0.1, 0.15) is 19.8 Å². The van der Waals surface area contributed by atoms with Crippen LogP contribution in [0.3, 0.4) is 0 Å². The lowest BCUT2D eigenvalue weighted by molar-refractivity contribution is -0.133. The Labute approximate surface area is 112 Å². The van der Waals surface area contributed by atoms with Gasteiger partial charge in [-0.25, -0.2) is 4.39 Å². The van der Waals surface area contributed by atoms with Gasteiger partial charge < -0.3 is 16.0 Å². The number of nitrogens with two attached hydrogens (primary N) is 1. The van der Waals surface area contributed by atoms with Crippen LogP contribution >= 0.6 is 0 Å². The molecular formula is C14H20FN3O. The fourth-order valence-corrected chi connectivity index (χ4v) is 2.31. The Hall–Kier alpha value is -1.62. The maximum absolute atomic E-state index is 12.8. The maximum Gasteiger partial charge on any atom is 0.239 e. The van der Waals surface area contributed by atoms with E-state index in [0.717, 1.165) is 31.6 Å². The average molecular weight is 265 g/mol. The second kappa shape index (κ2) is 6.02. The Morgan fingerprint density at radius 3 is 2.47 bits per heavy atom. The Bertz CT molecular complexity index is 425. The van der Waals surface area contributed by atoms with Gasteiger partial charge in [-0.15, -0.1) is 0 Å². The van der Waals surface area contributed by atoms with Gasteiger partial charge in [-0.2, -0.15) is 0 Å². The standard InChI is InChI=1S/C14H20FN3O/c1-10(16)14(19)18-8-6-13(7-9-18)17-12-4-2-11(15)3-5-12/h2-5,10,13,17H,6-9,16H2,1H3/t10-/m1/s1. The number of benzene rings is 1. The molecule has 0 radical (unpaired) electrons. The van der Waals surface area contributed by atoms with E-state index in [4.69, 9.17) is 5.73 Å². The lowest BCUT2D eigenvalue weighted by Gasteiger charge is -2.33. The quantitative estimate of drug-likeness (QED) is 0.872. The summed E-state index contributed by atoms with van der Waals surface area (Å²) in [6.07, 6.45) is 1.77. The van der Waals surface area contributed by atoms with Gasteiger partial charge in [-0.3, -0.25) is 4.79 Å². The lowest BCUT2D eigenvalue weighted by Crippen LogP contribution is -2.48. The molecule has 1 atom stereocenters. The largest absolute Gasteiger partial charge is 0.382 e. The highest BCUT2D eigenvalue weighted by Gasteiger charge is 2.24. The minimum absolute atomic E-state index is 0.0141. The van der Waals surface area contributed by atoms with Crippen LogP contribution in [0.4, 0.5) is 10.1 Å². The molecule has 1 heterocycles. The van der Waals surface area contributed by atoms with Gasteiger partial charge >= 0.3 is 0 Å². The van der Waals surface area contributed by atoms with Gasteiger partial charge in [0.05, 0.1) is 6.04 Å². The zero-order valence-electron chi connectivity index (χ0n) is 11.1. The summed E-state index contributed by atoms with van der Waals surface area (Å²) in [5.74, 6) is -0.219. The first-order valence-electron chi connectivity index (χ1n) is 6.63. The minimum Gasteiger partial charge on any atom is -0.382 e. The molecule has 1 saturated heterocycles. The van der Waals surface area contributed by atoms with E-state index in [1.165, 1.54) is 12.1 Å². The SMILES string of the molecule is C[C@@H](N)C(=O)N1CCC(Nc2ccc(F)cc2)CC1. The molecule has 3 N–H and O–H groups in total. The second-order valence-corrected chi connectivity index (χ2v) is 5.04. The number of anilines is 1. The summed E-state index contributed by atoms with van der Waals surface area (Å²) in [7, 11) is 0. The number of amides is 1. The number of piperidine rings is 1. The van der Waals surface area contributed by atoms with Crippen molar-refractivity contribution in [1.29, 1.82) is 0 Å². The number of rotatable bonds is 3. The van der Waals surface area contributed by atoms with Crippen LogP contribution < -0.4 is 11.1 Å². The summed E-state index contributed by atoms with van der Waals surface area (Å²) in [5.41, 5.74) is 6.51. The molecule has 1 fully saturated rings. The highest BCUT2D eigenvalue weighted by Crippen LogP contribution is 2.17. The van der Waals surface area contributed by atoms with Crippen molar-refractivity contribution in [2.24, 2.45) is 5.73 Å². The summed E-state index contributed by atoms with van der Waals surface area (Å²) < 4.78 is 12.8. The van der Waals surface area contributed by atoms with Gasteiger partial charge in [0.25, 0.3) is 0 Å². The normalized spacial score (nSPS) is 18.2. The molecule has 1 aromatic rings. The average Bonchev–Trinajstić information content (AvgIpc) is 2.41. The molecule has 19 heavy (non-hydrogen) atoms. The van der Waals surface area contributed by atoms with E-state index in [1.807, 2.05) is 4.90 Å². The molecule has 1 amide bonds. The zero-order chi connectivity index (χ0) is 13.8. The lowest BCUT2D eigenvalue weighted by atomic mass is 10.0. The number of likely N-dealkylation sites (tertiary alicyclic amines) is 1. The first kappa shape index (κ1) is 13.8. The van der Waals surface area contributed by atoms with E-state index < -0.39 is 6.04 Å². The predicted molar refractivity (Wildman–Crippen MR) is 73.3 cm³/mol. The van der Waals surface area contributed by atoms with E-state index in [-0.39, 0.29) is 11.7 Å². The Balaban J connectivity index is 1.83. The Kier molecular flexibility index (Phi) is 4.37. The van der Waals surface area contributed by atoms with E-state index in [1.54, 1.807) is 19.1 Å². The summed E-state index contributed by atoms with van der Waals surface area (Å²) >= 11 is 0. The summed E-state index contributed by atoms with van der Waals surface area (Å²) in [6, 6.07) is 6.24. The topological polar surface area (TPSA) is 58.4 Å². The van der Waals surface area contributed by atoms with Crippen molar-refractivity contribution >= 4 is 11.6 Å². The number of carbonyl (C=O) groups excluding carboxylic acids is 1. The van der Waals surface area contributed by atoms with Crippen molar-refractivity contribution in [1.82, 2.24) is 4.90 Å². The molecule has 5 heteroatoms. The van der Waals surface area contributed by atoms with Crippen LogP contribution in [0.5, 0.6) is 0 Å². The van der Waals surface area contributed by atoms with Gasteiger partial charge in [0.2, 0.25) is 5.91 Å². The number of hydrogen-bond acceptors (Lipinski definition) is 3. The molecule has 2 rings (SSSR count). The maximum atomic E-state index is 12.8. The summed E-state index contributed by atoms with van der Waals surface area (Å²) in [5, 5.41) is 3.36. The first-order valence-corrected chi connectivity index (χ1v) is 6.63. The number of hydrogen-bond donors (Lipinski definition) is 2. The molecule has 0 unspecified atom stereocenters. The van der Waals surface area contributed by atoms with Gasteiger partial charge in [-0.05, 0) is 44.0 Å². The first-order chi connectivity index (χ1) is 9.06. The van der Waals surface area contributed by atoms with E-state index in [0.29, 0.717) is 6.04 Å². The third-order valence-corrected chi connectivity index (χ3v) is 3.41. The van der Waals surface area contributed by atoms with Crippen LogP contribution in [0, 0.1) is 5.82 Å². The number of halogens is 1. The van der Waals surface area contributed by atoms with Crippen molar-refractivity contribution in [3.63, 3.8) is 0 Å². The zero-order valence-corrected chi connectivity index (χ0v) is 11.1. The predicted octanol–water partition coefficient (Wildman–Crippen LogP) is 1.58. The van der Waals surface area contributed by atoms with Crippen molar-refractivity contribution < 1.29 is 9.18 Å². The fourth-order valence-electron chi connectivity index (χ4n) is 2.31. The van der Waals surface area contributed by atoms with Crippen molar-refractivity contribution in [2.75, 3.05) is 18.4 Å². The Morgan fingerprint density at radius 1 is 1.37 bits per heavy atom. The summed E-state index contributed by atoms with van der Waals surface area (Å²) in [6.45, 7) is 3.16. The van der Waals surface area contributed by atoms with Gasteiger partial charge in [0.1, 0.15) is 5.82 Å². The van der Waals surface area contributed by atoms with Crippen LogP contribution in [0.2, 0.25) is 0 Å². The molecule has 0 spiro atoms. The third kappa shape index (κ3) is 3.67. The summed E-state index contributed by atoms with van der Waals surface area (Å²) in [4.78, 5) is 13.6. The number of nitrogens with one attached hydrogen (secondary N) is 1. The second-order valence-electron chi connectivity index (χ2n) is 5.04. The molecule has 104 valence electrons. The monoisotopic (exact) mass is 265 g/mol. The molecule has 1 aromatic carbocycles. The smallest absolute Gasteiger partial charge is 0.239 e. The van der Waals surface area contributed by atoms with Crippen LogP contribution in [0.25, 0.3) is 0 Å². The van der Waals surface area contributed by atoms with Crippen LogP contribution in [-0.4, -0.2) is 36.0 Å². The molecule has 4 nitrogen and oxygen atoms in total. The van der Waals surface area contributed by atoms with E-state index in [2.05, 4.69) is 5.32 Å². The molecule has 0 bridgehead atoms. The van der Waals surface area contributed by atoms with Crippen LogP contribution in [-0.2, 0) is 4.79 Å². The van der Waals surface area contributed by atoms with Crippen molar-refractivity contribution in [2.45, 2.75) is 31.8 Å². The molecule has 0 aliphatic carbocycles. The molecular weight excluding hydrogens is 245 g/mol.